The lowest BCUT2D eigenvalue weighted by molar-refractivity contribution is -0.119. The number of carbonyl (C=O) groups excluding carboxylic acids is 1. The number of carbonyl (C=O) groups is 1. The smallest absolute Gasteiger partial charge is 0.308 e. The van der Waals surface area contributed by atoms with Crippen LogP contribution in [0.4, 0.5) is 0 Å². The second kappa shape index (κ2) is 5.84. The maximum atomic E-state index is 11.2. The van der Waals surface area contributed by atoms with Gasteiger partial charge in [0.05, 0.1) is 0 Å². The van der Waals surface area contributed by atoms with Crippen LogP contribution in [0.25, 0.3) is 0 Å². The van der Waals surface area contributed by atoms with Crippen LogP contribution in [0.2, 0.25) is 0 Å². The number of hydrogen-bond acceptors (Lipinski definition) is 7. The van der Waals surface area contributed by atoms with E-state index in [9.17, 15) is 9.70 Å². The van der Waals surface area contributed by atoms with Gasteiger partial charge in [0.15, 0.2) is 0 Å². The first-order valence-electron chi connectivity index (χ1n) is 6.95. The highest BCUT2D eigenvalue weighted by molar-refractivity contribution is 6.04. The molecule has 1 unspecified atom stereocenters. The highest BCUT2D eigenvalue weighted by atomic mass is 16.3. The predicted octanol–water partition coefficient (Wildman–Crippen LogP) is -0.0429. The average Bonchev–Trinajstić information content (AvgIpc) is 2.98. The molecule has 3 aliphatic rings. The minimum Gasteiger partial charge on any atom is -0.368 e. The number of nitrogens with one attached hydrogen (secondary N) is 4. The molecule has 2 atom stereocenters. The van der Waals surface area contributed by atoms with Crippen LogP contribution in [-0.2, 0) is 4.79 Å². The number of allylic oxidation sites excluding steroid dienone is 2. The van der Waals surface area contributed by atoms with Crippen molar-refractivity contribution in [3.8, 4) is 0 Å². The Morgan fingerprint density at radius 1 is 1.50 bits per heavy atom. The maximum Gasteiger partial charge on any atom is 0.308 e. The molecular weight excluding hydrogens is 284 g/mol. The van der Waals surface area contributed by atoms with E-state index in [-0.39, 0.29) is 6.17 Å². The molecule has 0 fully saturated rings. The lowest BCUT2D eigenvalue weighted by atomic mass is 10.0. The summed E-state index contributed by atoms with van der Waals surface area (Å²) in [6.45, 7) is 2.15. The highest BCUT2D eigenvalue weighted by Gasteiger charge is 2.27. The Morgan fingerprint density at radius 2 is 2.36 bits per heavy atom. The molecule has 1 amide bonds. The van der Waals surface area contributed by atoms with E-state index in [0.717, 1.165) is 11.1 Å². The lowest BCUT2D eigenvalue weighted by Crippen LogP contribution is -2.38. The molecular formula is C14H16N6O2. The number of aliphatic imine (C=N–C) groups is 1. The van der Waals surface area contributed by atoms with Gasteiger partial charge in [-0.3, -0.25) is 4.79 Å². The quantitative estimate of drug-likeness (QED) is 0.543. The van der Waals surface area contributed by atoms with E-state index in [4.69, 9.17) is 0 Å². The summed E-state index contributed by atoms with van der Waals surface area (Å²) in [5.74, 6) is 0.506. The predicted molar refractivity (Wildman–Crippen MR) is 82.3 cm³/mol. The van der Waals surface area contributed by atoms with E-state index in [2.05, 4.69) is 31.4 Å². The fraction of sp³-hybridized carbons (Fsp3) is 0.286. The van der Waals surface area contributed by atoms with E-state index in [1.807, 2.05) is 30.6 Å². The van der Waals surface area contributed by atoms with E-state index >= 15 is 0 Å². The van der Waals surface area contributed by atoms with Gasteiger partial charge in [-0.25, -0.2) is 4.99 Å². The zero-order valence-electron chi connectivity index (χ0n) is 12.0. The number of nitroso groups, excluding NO2 is 1. The molecule has 0 radical (unpaired) electrons. The summed E-state index contributed by atoms with van der Waals surface area (Å²) in [4.78, 5) is 26.0. The summed E-state index contributed by atoms with van der Waals surface area (Å²) in [5.41, 5.74) is 2.05. The second-order valence-corrected chi connectivity index (χ2v) is 5.03. The van der Waals surface area contributed by atoms with Gasteiger partial charge in [0.2, 0.25) is 0 Å². The van der Waals surface area contributed by atoms with Gasteiger partial charge in [0.1, 0.15) is 23.9 Å². The number of amides is 1. The van der Waals surface area contributed by atoms with E-state index in [1.165, 1.54) is 0 Å². The van der Waals surface area contributed by atoms with Gasteiger partial charge in [0.25, 0.3) is 0 Å². The molecule has 4 N–H and O–H groups in total. The van der Waals surface area contributed by atoms with Gasteiger partial charge in [-0.05, 0) is 25.3 Å². The third-order valence-corrected chi connectivity index (χ3v) is 3.53. The van der Waals surface area contributed by atoms with Crippen molar-refractivity contribution in [1.82, 2.24) is 21.3 Å². The molecule has 0 aliphatic carbocycles. The van der Waals surface area contributed by atoms with Crippen molar-refractivity contribution >= 4 is 11.7 Å². The van der Waals surface area contributed by atoms with Crippen LogP contribution in [0.1, 0.15) is 6.92 Å². The first-order valence-corrected chi connectivity index (χ1v) is 6.95. The van der Waals surface area contributed by atoms with Crippen LogP contribution in [-0.4, -0.2) is 30.5 Å². The fourth-order valence-corrected chi connectivity index (χ4v) is 2.39. The Kier molecular flexibility index (Phi) is 3.73. The number of fused-ring (bicyclic) bond motifs is 1. The minimum atomic E-state index is -0.748. The van der Waals surface area contributed by atoms with Gasteiger partial charge < -0.3 is 21.3 Å². The minimum absolute atomic E-state index is 0.0478. The zero-order chi connectivity index (χ0) is 15.5. The van der Waals surface area contributed by atoms with Crippen LogP contribution >= 0.6 is 0 Å². The summed E-state index contributed by atoms with van der Waals surface area (Å²) >= 11 is 0. The SMILES string of the molecule is C[C@H](NC1=CCNC(C2=CNC3NC=CC=C23)=N1)C(=O)N=O. The molecule has 3 heterocycles. The molecule has 0 aromatic heterocycles. The lowest BCUT2D eigenvalue weighted by Gasteiger charge is -2.21. The van der Waals surface area contributed by atoms with Crippen molar-refractivity contribution in [2.45, 2.75) is 19.1 Å². The van der Waals surface area contributed by atoms with Gasteiger partial charge in [-0.1, -0.05) is 6.08 Å². The first kappa shape index (κ1) is 14.1. The molecule has 0 aromatic rings. The molecule has 0 spiro atoms. The molecule has 3 aliphatic heterocycles. The molecule has 0 aromatic carbocycles. The molecule has 8 heteroatoms. The summed E-state index contributed by atoms with van der Waals surface area (Å²) in [5, 5.41) is 14.9. The summed E-state index contributed by atoms with van der Waals surface area (Å²) in [6, 6.07) is -0.700. The number of amidine groups is 1. The topological polar surface area (TPSA) is 107 Å². The van der Waals surface area contributed by atoms with Crippen molar-refractivity contribution in [3.05, 3.63) is 52.5 Å². The van der Waals surface area contributed by atoms with E-state index in [1.54, 1.807) is 6.92 Å². The van der Waals surface area contributed by atoms with Crippen molar-refractivity contribution in [3.63, 3.8) is 0 Å². The van der Waals surface area contributed by atoms with Crippen molar-refractivity contribution in [2.75, 3.05) is 6.54 Å². The number of rotatable bonds is 4. The Balaban J connectivity index is 1.76. The van der Waals surface area contributed by atoms with E-state index in [0.29, 0.717) is 18.2 Å². The Labute approximate surface area is 127 Å². The van der Waals surface area contributed by atoms with Crippen LogP contribution in [0.15, 0.2) is 57.8 Å². The second-order valence-electron chi connectivity index (χ2n) is 5.03. The maximum absolute atomic E-state index is 11.2. The van der Waals surface area contributed by atoms with Crippen LogP contribution in [0.5, 0.6) is 0 Å². The van der Waals surface area contributed by atoms with Crippen LogP contribution in [0.3, 0.4) is 0 Å². The molecule has 22 heavy (non-hydrogen) atoms. The molecule has 3 rings (SSSR count). The van der Waals surface area contributed by atoms with Gasteiger partial charge >= 0.3 is 5.91 Å². The Hall–Kier alpha value is -2.90. The fourth-order valence-electron chi connectivity index (χ4n) is 2.39. The number of hydrogen-bond donors (Lipinski definition) is 4. The normalized spacial score (nSPS) is 23.4. The number of nitrogens with zero attached hydrogens (tertiary/aromatic N) is 2. The molecule has 0 saturated heterocycles. The first-order chi connectivity index (χ1) is 10.7. The van der Waals surface area contributed by atoms with Crippen LogP contribution in [0, 0.1) is 4.91 Å². The van der Waals surface area contributed by atoms with Crippen molar-refractivity contribution in [2.24, 2.45) is 10.2 Å². The third-order valence-electron chi connectivity index (χ3n) is 3.53. The average molecular weight is 300 g/mol. The highest BCUT2D eigenvalue weighted by Crippen LogP contribution is 2.23. The summed E-state index contributed by atoms with van der Waals surface area (Å²) in [6.07, 6.45) is 9.58. The monoisotopic (exact) mass is 300 g/mol. The van der Waals surface area contributed by atoms with Gasteiger partial charge in [-0.15, -0.1) is 4.91 Å². The summed E-state index contributed by atoms with van der Waals surface area (Å²) in [7, 11) is 0. The molecule has 8 nitrogen and oxygen atoms in total. The standard InChI is InChI=1S/C14H16N6O2/c1-8(14(21)20-22)18-11-4-6-16-13(19-11)10-7-17-12-9(10)3-2-5-15-12/h2-5,7-8,12,15,17-18H,6H2,1H3,(H,16,19)/t8-,12?/m0/s1. The molecule has 0 saturated carbocycles. The zero-order valence-corrected chi connectivity index (χ0v) is 12.0. The summed E-state index contributed by atoms with van der Waals surface area (Å²) < 4.78 is 0. The van der Waals surface area contributed by atoms with Gasteiger partial charge in [-0.2, -0.15) is 0 Å². The Morgan fingerprint density at radius 3 is 3.18 bits per heavy atom. The molecule has 0 bridgehead atoms. The largest absolute Gasteiger partial charge is 0.368 e. The van der Waals surface area contributed by atoms with Crippen LogP contribution < -0.4 is 21.3 Å². The third kappa shape index (κ3) is 2.62. The Bertz CT molecular complexity index is 658. The van der Waals surface area contributed by atoms with Gasteiger partial charge in [0, 0.05) is 29.1 Å². The van der Waals surface area contributed by atoms with Crippen molar-refractivity contribution in [1.29, 1.82) is 0 Å². The number of dihydropyridines is 1. The van der Waals surface area contributed by atoms with Crippen molar-refractivity contribution < 1.29 is 4.79 Å². The molecule has 114 valence electrons. The van der Waals surface area contributed by atoms with E-state index < -0.39 is 11.9 Å².